The normalized spacial score (nSPS) is 18.3. The fourth-order valence-corrected chi connectivity index (χ4v) is 4.65. The van der Waals surface area contributed by atoms with Gasteiger partial charge in [-0.15, -0.1) is 0 Å². The number of fused-ring (bicyclic) bond motifs is 1. The zero-order chi connectivity index (χ0) is 23.1. The average Bonchev–Trinajstić information content (AvgIpc) is 3.37. The van der Waals surface area contributed by atoms with Crippen molar-refractivity contribution in [3.05, 3.63) is 77.7 Å². The minimum Gasteiger partial charge on any atom is -0.492 e. The van der Waals surface area contributed by atoms with Crippen LogP contribution in [0.2, 0.25) is 0 Å². The fourth-order valence-electron chi connectivity index (χ4n) is 4.65. The maximum absolute atomic E-state index is 13.5. The third-order valence-corrected chi connectivity index (χ3v) is 7.00. The molecule has 0 bridgehead atoms. The summed E-state index contributed by atoms with van der Waals surface area (Å²) in [6, 6.07) is 14.4. The zero-order valence-electron chi connectivity index (χ0n) is 19.1. The van der Waals surface area contributed by atoms with E-state index < -0.39 is 5.54 Å². The van der Waals surface area contributed by atoms with E-state index in [0.717, 1.165) is 64.7 Å². The first-order chi connectivity index (χ1) is 16.6. The molecule has 4 aromatic rings. The molecule has 2 fully saturated rings. The van der Waals surface area contributed by atoms with E-state index >= 15 is 0 Å². The molecule has 34 heavy (non-hydrogen) atoms. The summed E-state index contributed by atoms with van der Waals surface area (Å²) >= 11 is 0. The maximum Gasteiger partial charge on any atom is 0.252 e. The molecule has 0 radical (unpaired) electrons. The van der Waals surface area contributed by atoms with Crippen LogP contribution < -0.4 is 15.4 Å². The summed E-state index contributed by atoms with van der Waals surface area (Å²) in [5.41, 5.74) is 5.22. The second kappa shape index (κ2) is 8.25. The van der Waals surface area contributed by atoms with Crippen LogP contribution in [0.5, 0.6) is 5.75 Å². The number of nitrogens with zero attached hydrogens (tertiary/aromatic N) is 2. The molecular formula is C27H27N5O2. The van der Waals surface area contributed by atoms with Crippen LogP contribution in [0.25, 0.3) is 22.0 Å². The quantitative estimate of drug-likeness (QED) is 0.392. The van der Waals surface area contributed by atoms with Gasteiger partial charge in [-0.05, 0) is 79.8 Å². The first-order valence-electron chi connectivity index (χ1n) is 11.8. The lowest BCUT2D eigenvalue weighted by atomic mass is 9.94. The molecule has 0 spiro atoms. The van der Waals surface area contributed by atoms with Crippen molar-refractivity contribution in [1.29, 1.82) is 0 Å². The Morgan fingerprint density at radius 3 is 2.82 bits per heavy atom. The number of ether oxygens (including phenoxy) is 1. The van der Waals surface area contributed by atoms with Gasteiger partial charge in [-0.25, -0.2) is 0 Å². The summed E-state index contributed by atoms with van der Waals surface area (Å²) in [4.78, 5) is 18.1. The lowest BCUT2D eigenvalue weighted by molar-refractivity contribution is 0.0930. The van der Waals surface area contributed by atoms with Gasteiger partial charge in [0, 0.05) is 34.9 Å². The van der Waals surface area contributed by atoms with E-state index in [0.29, 0.717) is 18.2 Å². The molecule has 6 rings (SSSR count). The molecule has 1 amide bonds. The molecule has 1 aliphatic carbocycles. The van der Waals surface area contributed by atoms with Crippen LogP contribution in [0.3, 0.4) is 0 Å². The van der Waals surface area contributed by atoms with Crippen LogP contribution >= 0.6 is 0 Å². The van der Waals surface area contributed by atoms with E-state index in [1.165, 1.54) is 0 Å². The number of carbonyl (C=O) groups is 1. The molecule has 3 N–H and O–H groups in total. The molecule has 1 saturated heterocycles. The molecule has 7 heteroatoms. The number of benzene rings is 2. The van der Waals surface area contributed by atoms with Gasteiger partial charge in [-0.1, -0.05) is 12.1 Å². The lowest BCUT2D eigenvalue weighted by Crippen LogP contribution is -2.46. The number of hydrogen-bond acceptors (Lipinski definition) is 5. The highest BCUT2D eigenvalue weighted by Crippen LogP contribution is 2.49. The van der Waals surface area contributed by atoms with E-state index in [4.69, 9.17) is 4.74 Å². The van der Waals surface area contributed by atoms with Crippen LogP contribution in [0.15, 0.2) is 61.1 Å². The monoisotopic (exact) mass is 453 g/mol. The third kappa shape index (κ3) is 3.82. The van der Waals surface area contributed by atoms with Crippen LogP contribution in [0, 0.1) is 6.92 Å². The van der Waals surface area contributed by atoms with E-state index in [1.54, 1.807) is 12.4 Å². The van der Waals surface area contributed by atoms with Gasteiger partial charge < -0.3 is 15.4 Å². The molecule has 0 unspecified atom stereocenters. The van der Waals surface area contributed by atoms with Crippen LogP contribution in [0.1, 0.15) is 40.7 Å². The van der Waals surface area contributed by atoms with E-state index in [2.05, 4.69) is 44.0 Å². The highest BCUT2D eigenvalue weighted by Gasteiger charge is 2.47. The van der Waals surface area contributed by atoms with Gasteiger partial charge in [-0.3, -0.25) is 14.9 Å². The Morgan fingerprint density at radius 2 is 2.09 bits per heavy atom. The van der Waals surface area contributed by atoms with Crippen molar-refractivity contribution in [3.63, 3.8) is 0 Å². The summed E-state index contributed by atoms with van der Waals surface area (Å²) in [6.45, 7) is 3.63. The van der Waals surface area contributed by atoms with Crippen molar-refractivity contribution >= 4 is 16.8 Å². The summed E-state index contributed by atoms with van der Waals surface area (Å²) in [5.74, 6) is 0.652. The summed E-state index contributed by atoms with van der Waals surface area (Å²) < 4.78 is 5.94. The van der Waals surface area contributed by atoms with Crippen molar-refractivity contribution < 1.29 is 9.53 Å². The molecule has 1 aliphatic heterocycles. The number of amides is 1. The molecule has 1 saturated carbocycles. The zero-order valence-corrected chi connectivity index (χ0v) is 19.1. The van der Waals surface area contributed by atoms with Gasteiger partial charge in [-0.2, -0.15) is 5.10 Å². The van der Waals surface area contributed by atoms with Crippen LogP contribution in [-0.4, -0.2) is 40.3 Å². The average molecular weight is 454 g/mol. The molecular weight excluding hydrogens is 426 g/mol. The predicted octanol–water partition coefficient (Wildman–Crippen LogP) is 4.09. The Labute approximate surface area is 197 Å². The number of carbonyl (C=O) groups excluding carboxylic acids is 1. The van der Waals surface area contributed by atoms with Crippen molar-refractivity contribution in [2.24, 2.45) is 0 Å². The number of pyridine rings is 1. The third-order valence-electron chi connectivity index (χ3n) is 7.00. The number of aromatic amines is 1. The number of rotatable bonds is 7. The Kier molecular flexibility index (Phi) is 5.07. The van der Waals surface area contributed by atoms with E-state index in [-0.39, 0.29) is 5.91 Å². The first-order valence-corrected chi connectivity index (χ1v) is 11.8. The molecule has 2 aromatic carbocycles. The SMILES string of the molecule is Cc1ccc(OC[C@@H]2CCN2)cc1C(=O)NC1(c2cc(-c3cn[nH]c3)cc3ncccc23)CC1. The number of aryl methyl sites for hydroxylation is 1. The Balaban J connectivity index is 1.31. The summed E-state index contributed by atoms with van der Waals surface area (Å²) in [6.07, 6.45) is 8.39. The predicted molar refractivity (Wildman–Crippen MR) is 131 cm³/mol. The van der Waals surface area contributed by atoms with Crippen molar-refractivity contribution in [2.45, 2.75) is 37.8 Å². The smallest absolute Gasteiger partial charge is 0.252 e. The van der Waals surface area contributed by atoms with Gasteiger partial charge in [0.1, 0.15) is 12.4 Å². The molecule has 2 aromatic heterocycles. The number of aromatic nitrogens is 3. The molecule has 7 nitrogen and oxygen atoms in total. The van der Waals surface area contributed by atoms with Gasteiger partial charge in [0.05, 0.1) is 17.3 Å². The highest BCUT2D eigenvalue weighted by molar-refractivity contribution is 5.98. The molecule has 3 heterocycles. The van der Waals surface area contributed by atoms with Crippen molar-refractivity contribution in [1.82, 2.24) is 25.8 Å². The molecule has 1 atom stereocenters. The molecule has 172 valence electrons. The number of nitrogens with one attached hydrogen (secondary N) is 3. The molecule has 2 aliphatic rings. The van der Waals surface area contributed by atoms with Crippen LogP contribution in [0.4, 0.5) is 0 Å². The van der Waals surface area contributed by atoms with Crippen molar-refractivity contribution in [3.8, 4) is 16.9 Å². The van der Waals surface area contributed by atoms with E-state index in [9.17, 15) is 4.79 Å². The van der Waals surface area contributed by atoms with Gasteiger partial charge in [0.2, 0.25) is 0 Å². The number of hydrogen-bond donors (Lipinski definition) is 3. The maximum atomic E-state index is 13.5. The standard InChI is InChI=1S/C27H27N5O2/c1-17-4-5-21(34-16-20-6-10-28-20)13-23(17)26(33)32-27(7-8-27)24-11-18(19-14-30-31-15-19)12-25-22(24)3-2-9-29-25/h2-5,9,11-15,20,28H,6-8,10,16H2,1H3,(H,30,31)(H,32,33)/t20-/m0/s1. The first kappa shape index (κ1) is 20.9. The van der Waals surface area contributed by atoms with Crippen molar-refractivity contribution in [2.75, 3.05) is 13.2 Å². The lowest BCUT2D eigenvalue weighted by Gasteiger charge is -2.27. The van der Waals surface area contributed by atoms with E-state index in [1.807, 2.05) is 37.4 Å². The van der Waals surface area contributed by atoms with Gasteiger partial charge in [0.25, 0.3) is 5.91 Å². The summed E-state index contributed by atoms with van der Waals surface area (Å²) in [5, 5.41) is 14.7. The fraction of sp³-hybridized carbons (Fsp3) is 0.296. The second-order valence-electron chi connectivity index (χ2n) is 9.34. The minimum absolute atomic E-state index is 0.0760. The number of H-pyrrole nitrogens is 1. The van der Waals surface area contributed by atoms with Crippen LogP contribution in [-0.2, 0) is 5.54 Å². The Hall–Kier alpha value is -3.71. The topological polar surface area (TPSA) is 91.9 Å². The van der Waals surface area contributed by atoms with Gasteiger partial charge >= 0.3 is 0 Å². The Bertz CT molecular complexity index is 1360. The summed E-state index contributed by atoms with van der Waals surface area (Å²) in [7, 11) is 0. The largest absolute Gasteiger partial charge is 0.492 e. The van der Waals surface area contributed by atoms with Gasteiger partial charge in [0.15, 0.2) is 0 Å². The second-order valence-corrected chi connectivity index (χ2v) is 9.34. The minimum atomic E-state index is -0.405. The highest BCUT2D eigenvalue weighted by atomic mass is 16.5. The Morgan fingerprint density at radius 1 is 1.21 bits per heavy atom.